The minimum Gasteiger partial charge on any atom is -0.294 e. The highest BCUT2D eigenvalue weighted by molar-refractivity contribution is 6.14. The van der Waals surface area contributed by atoms with Gasteiger partial charge in [-0.1, -0.05) is 60.7 Å². The summed E-state index contributed by atoms with van der Waals surface area (Å²) in [4.78, 5) is 25.4. The van der Waals surface area contributed by atoms with Gasteiger partial charge in [0.05, 0.1) is 0 Å². The zero-order valence-electron chi connectivity index (χ0n) is 13.3. The highest BCUT2D eigenvalue weighted by Crippen LogP contribution is 2.45. The summed E-state index contributed by atoms with van der Waals surface area (Å²) in [6.45, 7) is 0. The van der Waals surface area contributed by atoms with E-state index < -0.39 is 0 Å². The van der Waals surface area contributed by atoms with Crippen LogP contribution in [0.3, 0.4) is 0 Å². The lowest BCUT2D eigenvalue weighted by atomic mass is 10.00. The van der Waals surface area contributed by atoms with E-state index in [1.54, 1.807) is 0 Å². The lowest BCUT2D eigenvalue weighted by molar-refractivity contribution is -0.122. The summed E-state index contributed by atoms with van der Waals surface area (Å²) in [7, 11) is 0. The molecule has 0 saturated heterocycles. The van der Waals surface area contributed by atoms with Gasteiger partial charge in [0.15, 0.2) is 11.6 Å². The number of allylic oxidation sites excluding steroid dienone is 2. The van der Waals surface area contributed by atoms with Gasteiger partial charge >= 0.3 is 0 Å². The van der Waals surface area contributed by atoms with Crippen molar-refractivity contribution in [2.45, 2.75) is 12.8 Å². The molecule has 4 rings (SSSR count). The van der Waals surface area contributed by atoms with Crippen molar-refractivity contribution in [3.05, 3.63) is 82.9 Å². The molecule has 2 aromatic rings. The van der Waals surface area contributed by atoms with Crippen LogP contribution in [0, 0.1) is 11.8 Å². The van der Waals surface area contributed by atoms with Gasteiger partial charge in [-0.05, 0) is 47.3 Å². The van der Waals surface area contributed by atoms with Gasteiger partial charge in [0.25, 0.3) is 0 Å². The van der Waals surface area contributed by atoms with Crippen molar-refractivity contribution < 1.29 is 9.59 Å². The summed E-state index contributed by atoms with van der Waals surface area (Å²) in [6.07, 6.45) is 5.02. The molecule has 0 amide bonds. The molecule has 24 heavy (non-hydrogen) atoms. The summed E-state index contributed by atoms with van der Waals surface area (Å²) in [5.41, 5.74) is 3.63. The highest BCUT2D eigenvalue weighted by atomic mass is 16.1. The predicted molar refractivity (Wildman–Crippen MR) is 95.1 cm³/mol. The molecule has 2 aliphatic carbocycles. The second-order valence-electron chi connectivity index (χ2n) is 6.51. The second-order valence-corrected chi connectivity index (χ2v) is 6.51. The van der Waals surface area contributed by atoms with Crippen LogP contribution in [0.2, 0.25) is 0 Å². The Hall–Kier alpha value is -2.74. The third-order valence-corrected chi connectivity index (χ3v) is 4.95. The number of carbonyl (C=O) groups excluding carboxylic acids is 2. The third-order valence-electron chi connectivity index (χ3n) is 4.95. The van der Waals surface area contributed by atoms with Crippen LogP contribution in [0.5, 0.6) is 0 Å². The molecular weight excluding hydrogens is 296 g/mol. The number of carbonyl (C=O) groups is 2. The monoisotopic (exact) mass is 314 g/mol. The summed E-state index contributed by atoms with van der Waals surface area (Å²) in [5, 5.41) is 0. The smallest absolute Gasteiger partial charge is 0.163 e. The number of rotatable bonds is 2. The summed E-state index contributed by atoms with van der Waals surface area (Å²) >= 11 is 0. The lowest BCUT2D eigenvalue weighted by Gasteiger charge is -2.02. The third kappa shape index (κ3) is 2.65. The molecule has 118 valence electrons. The molecule has 0 unspecified atom stereocenters. The van der Waals surface area contributed by atoms with E-state index in [-0.39, 0.29) is 23.4 Å². The van der Waals surface area contributed by atoms with Crippen LogP contribution in [0.15, 0.2) is 71.8 Å². The SMILES string of the molecule is O=C1/C(=C/c2ccccc2)C[C@@H]2C(=O)/C(=C/c3ccccc3)C[C@H]12. The molecule has 0 bridgehead atoms. The predicted octanol–water partition coefficient (Wildman–Crippen LogP) is 4.33. The van der Waals surface area contributed by atoms with Gasteiger partial charge < -0.3 is 0 Å². The maximum atomic E-state index is 12.7. The van der Waals surface area contributed by atoms with Crippen molar-refractivity contribution in [1.29, 1.82) is 0 Å². The first-order valence-electron chi connectivity index (χ1n) is 8.32. The van der Waals surface area contributed by atoms with Crippen LogP contribution in [0.25, 0.3) is 12.2 Å². The van der Waals surface area contributed by atoms with Crippen LogP contribution in [0.1, 0.15) is 24.0 Å². The minimum absolute atomic E-state index is 0.147. The molecule has 0 aliphatic heterocycles. The largest absolute Gasteiger partial charge is 0.294 e. The van der Waals surface area contributed by atoms with Crippen molar-refractivity contribution >= 4 is 23.7 Å². The average molecular weight is 314 g/mol. The van der Waals surface area contributed by atoms with Gasteiger partial charge in [0, 0.05) is 11.8 Å². The Kier molecular flexibility index (Phi) is 3.73. The summed E-state index contributed by atoms with van der Waals surface area (Å²) < 4.78 is 0. The fourth-order valence-corrected chi connectivity index (χ4v) is 3.75. The van der Waals surface area contributed by atoms with Crippen molar-refractivity contribution in [3.63, 3.8) is 0 Å². The maximum absolute atomic E-state index is 12.7. The molecule has 2 atom stereocenters. The number of ketones is 2. The van der Waals surface area contributed by atoms with Crippen LogP contribution < -0.4 is 0 Å². The average Bonchev–Trinajstić information content (AvgIpc) is 3.08. The molecular formula is C22H18O2. The van der Waals surface area contributed by atoms with Gasteiger partial charge in [0.1, 0.15) is 0 Å². The molecule has 0 heterocycles. The molecule has 2 nitrogen and oxygen atoms in total. The standard InChI is InChI=1S/C22H18O2/c23-21-17(11-15-7-3-1-4-8-15)13-19-20(21)14-18(22(19)24)12-16-9-5-2-6-10-16/h1-12,19-20H,13-14H2/b17-11+,18-12+/t19-,20-/m0/s1. The summed E-state index contributed by atoms with van der Waals surface area (Å²) in [6, 6.07) is 19.7. The normalized spacial score (nSPS) is 26.3. The van der Waals surface area contributed by atoms with E-state index >= 15 is 0 Å². The Morgan fingerprint density at radius 3 is 1.38 bits per heavy atom. The molecule has 0 N–H and O–H groups in total. The quantitative estimate of drug-likeness (QED) is 0.773. The number of fused-ring (bicyclic) bond motifs is 1. The molecule has 2 aliphatic rings. The molecule has 2 fully saturated rings. The second kappa shape index (κ2) is 6.04. The van der Waals surface area contributed by atoms with Crippen LogP contribution in [0.4, 0.5) is 0 Å². The molecule has 2 aromatic carbocycles. The topological polar surface area (TPSA) is 34.1 Å². The Morgan fingerprint density at radius 2 is 1.00 bits per heavy atom. The number of Topliss-reactive ketones (excluding diaryl/α,β-unsaturated/α-hetero) is 2. The van der Waals surface area contributed by atoms with Crippen molar-refractivity contribution in [1.82, 2.24) is 0 Å². The molecule has 0 spiro atoms. The van der Waals surface area contributed by atoms with Crippen LogP contribution in [-0.4, -0.2) is 11.6 Å². The van der Waals surface area contributed by atoms with E-state index in [9.17, 15) is 9.59 Å². The van der Waals surface area contributed by atoms with E-state index in [2.05, 4.69) is 0 Å². The van der Waals surface area contributed by atoms with Crippen molar-refractivity contribution in [2.24, 2.45) is 11.8 Å². The first-order chi connectivity index (χ1) is 11.7. The lowest BCUT2D eigenvalue weighted by Crippen LogP contribution is -2.11. The number of benzene rings is 2. The van der Waals surface area contributed by atoms with E-state index in [0.29, 0.717) is 12.8 Å². The Morgan fingerprint density at radius 1 is 0.625 bits per heavy atom. The Balaban J connectivity index is 1.58. The van der Waals surface area contributed by atoms with Gasteiger partial charge in [-0.15, -0.1) is 0 Å². The zero-order chi connectivity index (χ0) is 16.5. The molecule has 0 aromatic heterocycles. The Bertz CT molecular complexity index is 771. The number of hydrogen-bond acceptors (Lipinski definition) is 2. The Labute approximate surface area is 141 Å². The van der Waals surface area contributed by atoms with E-state index in [1.807, 2.05) is 72.8 Å². The van der Waals surface area contributed by atoms with E-state index in [4.69, 9.17) is 0 Å². The van der Waals surface area contributed by atoms with Crippen molar-refractivity contribution in [2.75, 3.05) is 0 Å². The van der Waals surface area contributed by atoms with Crippen LogP contribution in [-0.2, 0) is 9.59 Å². The molecule has 0 radical (unpaired) electrons. The number of hydrogen-bond donors (Lipinski definition) is 0. The molecule has 2 saturated carbocycles. The van der Waals surface area contributed by atoms with E-state index in [1.165, 1.54) is 0 Å². The van der Waals surface area contributed by atoms with Gasteiger partial charge in [-0.25, -0.2) is 0 Å². The minimum atomic E-state index is -0.164. The van der Waals surface area contributed by atoms with Gasteiger partial charge in [-0.2, -0.15) is 0 Å². The van der Waals surface area contributed by atoms with Gasteiger partial charge in [-0.3, -0.25) is 9.59 Å². The molecule has 2 heteroatoms. The van der Waals surface area contributed by atoms with Gasteiger partial charge in [0.2, 0.25) is 0 Å². The first-order valence-corrected chi connectivity index (χ1v) is 8.32. The van der Waals surface area contributed by atoms with Crippen molar-refractivity contribution in [3.8, 4) is 0 Å². The fraction of sp³-hybridized carbons (Fsp3) is 0.182. The first kappa shape index (κ1) is 14.8. The van der Waals surface area contributed by atoms with E-state index in [0.717, 1.165) is 22.3 Å². The maximum Gasteiger partial charge on any atom is 0.163 e. The fourth-order valence-electron chi connectivity index (χ4n) is 3.75. The zero-order valence-corrected chi connectivity index (χ0v) is 13.3. The summed E-state index contributed by atoms with van der Waals surface area (Å²) in [5.74, 6) is -0.0350. The highest BCUT2D eigenvalue weighted by Gasteiger charge is 2.48. The van der Waals surface area contributed by atoms with Crippen LogP contribution >= 0.6 is 0 Å².